The van der Waals surface area contributed by atoms with Gasteiger partial charge in [0.1, 0.15) is 5.52 Å². The number of pyridine rings is 1. The molecule has 0 fully saturated rings. The number of hydrogen-bond acceptors (Lipinski definition) is 1. The molecule has 0 N–H and O–H groups in total. The third-order valence-electron chi connectivity index (χ3n) is 2.79. The second-order valence-corrected chi connectivity index (χ2v) is 5.48. The Morgan fingerprint density at radius 2 is 1.65 bits per heavy atom. The van der Waals surface area contributed by atoms with Crippen molar-refractivity contribution in [3.63, 3.8) is 0 Å². The first kappa shape index (κ1) is 14.7. The van der Waals surface area contributed by atoms with Crippen LogP contribution in [0.1, 0.15) is 11.3 Å². The van der Waals surface area contributed by atoms with Crippen LogP contribution in [-0.4, -0.2) is 4.98 Å². The molecule has 1 heterocycles. The molecule has 0 aliphatic carbocycles. The molecule has 0 spiro atoms. The molecule has 3 heteroatoms. The fourth-order valence-corrected chi connectivity index (χ4v) is 2.24. The quantitative estimate of drug-likeness (QED) is 0.534. The highest BCUT2D eigenvalue weighted by molar-refractivity contribution is 9.10. The van der Waals surface area contributed by atoms with Crippen molar-refractivity contribution in [2.45, 2.75) is 13.8 Å². The monoisotopic (exact) mass is 331 g/mol. The molecule has 0 unspecified atom stereocenters. The van der Waals surface area contributed by atoms with Crippen LogP contribution in [-0.2, 0) is 0 Å². The van der Waals surface area contributed by atoms with Crippen LogP contribution in [0.4, 0.5) is 4.39 Å². The minimum atomic E-state index is -0.284. The van der Waals surface area contributed by atoms with Crippen molar-refractivity contribution >= 4 is 26.8 Å². The van der Waals surface area contributed by atoms with E-state index < -0.39 is 0 Å². The molecule has 102 valence electrons. The lowest BCUT2D eigenvalue weighted by Gasteiger charge is -2.00. The molecule has 0 saturated carbocycles. The van der Waals surface area contributed by atoms with Gasteiger partial charge >= 0.3 is 0 Å². The van der Waals surface area contributed by atoms with E-state index in [1.54, 1.807) is 0 Å². The van der Waals surface area contributed by atoms with Crippen LogP contribution < -0.4 is 0 Å². The highest BCUT2D eigenvalue weighted by atomic mass is 79.9. The normalized spacial score (nSPS) is 10.0. The SMILES string of the molecule is Cc1ccc2cc(Br)cc(F)c2n1.Cc1ccccc1. The van der Waals surface area contributed by atoms with E-state index in [2.05, 4.69) is 40.0 Å². The maximum absolute atomic E-state index is 13.3. The summed E-state index contributed by atoms with van der Waals surface area (Å²) in [7, 11) is 0. The Morgan fingerprint density at radius 3 is 2.25 bits per heavy atom. The predicted molar refractivity (Wildman–Crippen MR) is 85.3 cm³/mol. The molecule has 1 aromatic heterocycles. The van der Waals surface area contributed by atoms with E-state index in [4.69, 9.17) is 0 Å². The van der Waals surface area contributed by atoms with Crippen LogP contribution in [0.15, 0.2) is 59.1 Å². The summed E-state index contributed by atoms with van der Waals surface area (Å²) in [4.78, 5) is 4.12. The van der Waals surface area contributed by atoms with Crippen molar-refractivity contribution < 1.29 is 4.39 Å². The van der Waals surface area contributed by atoms with Gasteiger partial charge in [-0.3, -0.25) is 4.98 Å². The summed E-state index contributed by atoms with van der Waals surface area (Å²) >= 11 is 3.23. The molecule has 0 atom stereocenters. The van der Waals surface area contributed by atoms with Crippen molar-refractivity contribution in [2.75, 3.05) is 0 Å². The first-order chi connectivity index (χ1) is 9.56. The van der Waals surface area contributed by atoms with E-state index in [1.165, 1.54) is 11.6 Å². The van der Waals surface area contributed by atoms with E-state index >= 15 is 0 Å². The summed E-state index contributed by atoms with van der Waals surface area (Å²) in [6.07, 6.45) is 0. The lowest BCUT2D eigenvalue weighted by atomic mass is 10.2. The Balaban J connectivity index is 0.000000178. The van der Waals surface area contributed by atoms with Crippen molar-refractivity contribution in [3.8, 4) is 0 Å². The molecule has 0 bridgehead atoms. The third kappa shape index (κ3) is 3.87. The van der Waals surface area contributed by atoms with Crippen LogP contribution >= 0.6 is 15.9 Å². The second kappa shape index (κ2) is 6.62. The molecular formula is C17H15BrFN. The third-order valence-corrected chi connectivity index (χ3v) is 3.25. The van der Waals surface area contributed by atoms with Crippen LogP contribution in [0.25, 0.3) is 10.9 Å². The topological polar surface area (TPSA) is 12.9 Å². The van der Waals surface area contributed by atoms with Gasteiger partial charge in [0.2, 0.25) is 0 Å². The second-order valence-electron chi connectivity index (χ2n) is 4.57. The summed E-state index contributed by atoms with van der Waals surface area (Å²) in [5.74, 6) is -0.284. The number of hydrogen-bond donors (Lipinski definition) is 0. The molecule has 20 heavy (non-hydrogen) atoms. The minimum absolute atomic E-state index is 0.284. The molecule has 3 rings (SSSR count). The fraction of sp³-hybridized carbons (Fsp3) is 0.118. The molecule has 0 saturated heterocycles. The van der Waals surface area contributed by atoms with E-state index in [0.29, 0.717) is 5.52 Å². The number of benzene rings is 2. The lowest BCUT2D eigenvalue weighted by molar-refractivity contribution is 0.635. The van der Waals surface area contributed by atoms with Gasteiger partial charge in [-0.15, -0.1) is 0 Å². The Morgan fingerprint density at radius 1 is 0.950 bits per heavy atom. The Labute approximate surface area is 126 Å². The number of aryl methyl sites for hydroxylation is 2. The minimum Gasteiger partial charge on any atom is -0.250 e. The largest absolute Gasteiger partial charge is 0.250 e. The van der Waals surface area contributed by atoms with E-state index in [1.807, 2.05) is 43.3 Å². The molecule has 0 aliphatic rings. The summed E-state index contributed by atoms with van der Waals surface area (Å²) in [6.45, 7) is 3.93. The van der Waals surface area contributed by atoms with Crippen molar-refractivity contribution in [2.24, 2.45) is 0 Å². The number of fused-ring (bicyclic) bond motifs is 1. The number of aromatic nitrogens is 1. The molecule has 0 aliphatic heterocycles. The maximum Gasteiger partial charge on any atom is 0.150 e. The van der Waals surface area contributed by atoms with Gasteiger partial charge in [0.15, 0.2) is 5.82 Å². The first-order valence-electron chi connectivity index (χ1n) is 6.30. The van der Waals surface area contributed by atoms with Crippen LogP contribution in [0.2, 0.25) is 0 Å². The Hall–Kier alpha value is -1.74. The summed E-state index contributed by atoms with van der Waals surface area (Å²) < 4.78 is 14.1. The molecular weight excluding hydrogens is 317 g/mol. The predicted octanol–water partition coefficient (Wildman–Crippen LogP) is 5.44. The molecule has 0 amide bonds. The van der Waals surface area contributed by atoms with E-state index in [0.717, 1.165) is 15.6 Å². The van der Waals surface area contributed by atoms with E-state index in [9.17, 15) is 4.39 Å². The Bertz CT molecular complexity index is 711. The zero-order valence-electron chi connectivity index (χ0n) is 11.4. The van der Waals surface area contributed by atoms with Crippen molar-refractivity contribution in [1.82, 2.24) is 4.98 Å². The van der Waals surface area contributed by atoms with E-state index in [-0.39, 0.29) is 5.82 Å². The molecule has 2 aromatic carbocycles. The van der Waals surface area contributed by atoms with Gasteiger partial charge in [-0.05, 0) is 32.0 Å². The standard InChI is InChI=1S/C10H7BrFN.C7H8/c1-6-2-3-7-4-8(11)5-9(12)10(7)13-6;1-7-5-3-2-4-6-7/h2-5H,1H3;2-6H,1H3. The van der Waals surface area contributed by atoms with Gasteiger partial charge in [-0.25, -0.2) is 4.39 Å². The Kier molecular flexibility index (Phi) is 4.85. The molecule has 0 radical (unpaired) electrons. The molecule has 1 nitrogen and oxygen atoms in total. The van der Waals surface area contributed by atoms with Crippen LogP contribution in [0.5, 0.6) is 0 Å². The van der Waals surface area contributed by atoms with Crippen molar-refractivity contribution in [1.29, 1.82) is 0 Å². The van der Waals surface area contributed by atoms with Gasteiger partial charge in [0.25, 0.3) is 0 Å². The zero-order chi connectivity index (χ0) is 14.5. The average molecular weight is 332 g/mol. The fourth-order valence-electron chi connectivity index (χ4n) is 1.79. The van der Waals surface area contributed by atoms with Gasteiger partial charge in [-0.1, -0.05) is 57.9 Å². The van der Waals surface area contributed by atoms with Crippen LogP contribution in [0, 0.1) is 19.7 Å². The number of nitrogens with zero attached hydrogens (tertiary/aromatic N) is 1. The first-order valence-corrected chi connectivity index (χ1v) is 7.09. The van der Waals surface area contributed by atoms with Gasteiger partial charge in [-0.2, -0.15) is 0 Å². The summed E-state index contributed by atoms with van der Waals surface area (Å²) in [5.41, 5.74) is 2.58. The van der Waals surface area contributed by atoms with Gasteiger partial charge in [0, 0.05) is 15.6 Å². The zero-order valence-corrected chi connectivity index (χ0v) is 13.0. The summed E-state index contributed by atoms with van der Waals surface area (Å²) in [5, 5.41) is 0.817. The number of rotatable bonds is 0. The maximum atomic E-state index is 13.3. The highest BCUT2D eigenvalue weighted by Crippen LogP contribution is 2.21. The number of halogens is 2. The van der Waals surface area contributed by atoms with Crippen molar-refractivity contribution in [3.05, 3.63) is 76.1 Å². The van der Waals surface area contributed by atoms with Gasteiger partial charge < -0.3 is 0 Å². The average Bonchev–Trinajstić information content (AvgIpc) is 2.41. The van der Waals surface area contributed by atoms with Crippen LogP contribution in [0.3, 0.4) is 0 Å². The molecule has 3 aromatic rings. The lowest BCUT2D eigenvalue weighted by Crippen LogP contribution is -1.87. The smallest absolute Gasteiger partial charge is 0.150 e. The highest BCUT2D eigenvalue weighted by Gasteiger charge is 2.03. The summed E-state index contributed by atoms with van der Waals surface area (Å²) in [6, 6.07) is 17.3. The van der Waals surface area contributed by atoms with Gasteiger partial charge in [0.05, 0.1) is 0 Å².